The molecule has 0 fully saturated rings. The fraction of sp³-hybridized carbons (Fsp3) is 0.154. The lowest BCUT2D eigenvalue weighted by atomic mass is 10.2. The molecule has 0 aliphatic carbocycles. The van der Waals surface area contributed by atoms with Crippen LogP contribution in [-0.4, -0.2) is 4.98 Å². The van der Waals surface area contributed by atoms with E-state index in [0.29, 0.717) is 12.2 Å². The highest BCUT2D eigenvalue weighted by Crippen LogP contribution is 2.11. The predicted octanol–water partition coefficient (Wildman–Crippen LogP) is 3.70. The van der Waals surface area contributed by atoms with Crippen LogP contribution >= 0.6 is 15.9 Å². The van der Waals surface area contributed by atoms with Crippen LogP contribution in [0.3, 0.4) is 0 Å². The number of nitrogens with zero attached hydrogens (tertiary/aromatic N) is 1. The maximum absolute atomic E-state index is 13.3. The quantitative estimate of drug-likeness (QED) is 0.858. The molecule has 17 heavy (non-hydrogen) atoms. The highest BCUT2D eigenvalue weighted by molar-refractivity contribution is 9.10. The molecule has 0 amide bonds. The molecule has 88 valence electrons. The lowest BCUT2D eigenvalue weighted by Gasteiger charge is -2.05. The molecule has 0 unspecified atom stereocenters. The Morgan fingerprint density at radius 3 is 2.65 bits per heavy atom. The van der Waals surface area contributed by atoms with E-state index in [1.807, 2.05) is 12.1 Å². The number of hydrogen-bond donors (Lipinski definition) is 0. The third-order valence-electron chi connectivity index (χ3n) is 2.25. The van der Waals surface area contributed by atoms with E-state index < -0.39 is 0 Å². The van der Waals surface area contributed by atoms with Crippen LogP contribution in [0.25, 0.3) is 0 Å². The summed E-state index contributed by atoms with van der Waals surface area (Å²) in [5.74, 6) is -0.240. The first kappa shape index (κ1) is 12.2. The zero-order chi connectivity index (χ0) is 12.1. The van der Waals surface area contributed by atoms with Crippen LogP contribution in [0, 0.1) is 5.82 Å². The van der Waals surface area contributed by atoms with Gasteiger partial charge in [0.15, 0.2) is 0 Å². The Bertz CT molecular complexity index is 487. The van der Waals surface area contributed by atoms with Gasteiger partial charge in [-0.2, -0.15) is 0 Å². The molecule has 0 aliphatic rings. The van der Waals surface area contributed by atoms with Gasteiger partial charge in [0.25, 0.3) is 0 Å². The average molecular weight is 296 g/mol. The standard InChI is InChI=1S/C13H11BrFNO/c14-11-5-6-12(16-7-11)9-17-8-10-3-1-2-4-13(10)15/h1-7H,8-9H2. The smallest absolute Gasteiger partial charge is 0.128 e. The van der Waals surface area contributed by atoms with Crippen molar-refractivity contribution in [2.24, 2.45) is 0 Å². The van der Waals surface area contributed by atoms with Crippen LogP contribution in [-0.2, 0) is 18.0 Å². The number of halogens is 2. The van der Waals surface area contributed by atoms with E-state index in [1.165, 1.54) is 6.07 Å². The van der Waals surface area contributed by atoms with Crippen molar-refractivity contribution in [3.05, 3.63) is 64.1 Å². The van der Waals surface area contributed by atoms with Crippen LogP contribution in [0.15, 0.2) is 47.1 Å². The Kier molecular flexibility index (Phi) is 4.23. The van der Waals surface area contributed by atoms with E-state index in [2.05, 4.69) is 20.9 Å². The molecule has 1 aromatic heterocycles. The van der Waals surface area contributed by atoms with Gasteiger partial charge in [0.1, 0.15) is 5.82 Å². The van der Waals surface area contributed by atoms with Crippen LogP contribution < -0.4 is 0 Å². The number of pyridine rings is 1. The Balaban J connectivity index is 1.88. The summed E-state index contributed by atoms with van der Waals surface area (Å²) in [6.45, 7) is 0.631. The van der Waals surface area contributed by atoms with E-state index in [-0.39, 0.29) is 12.4 Å². The highest BCUT2D eigenvalue weighted by Gasteiger charge is 2.01. The fourth-order valence-corrected chi connectivity index (χ4v) is 1.61. The van der Waals surface area contributed by atoms with Crippen molar-refractivity contribution >= 4 is 15.9 Å². The Morgan fingerprint density at radius 2 is 1.94 bits per heavy atom. The average Bonchev–Trinajstić information content (AvgIpc) is 2.34. The van der Waals surface area contributed by atoms with Gasteiger partial charge in [0.05, 0.1) is 18.9 Å². The Hall–Kier alpha value is -1.26. The second kappa shape index (κ2) is 5.89. The molecule has 1 aromatic carbocycles. The molecule has 0 atom stereocenters. The van der Waals surface area contributed by atoms with Gasteiger partial charge in [-0.3, -0.25) is 4.98 Å². The molecule has 0 bridgehead atoms. The number of hydrogen-bond acceptors (Lipinski definition) is 2. The number of aromatic nitrogens is 1. The maximum atomic E-state index is 13.3. The summed E-state index contributed by atoms with van der Waals surface area (Å²) >= 11 is 3.31. The minimum Gasteiger partial charge on any atom is -0.370 e. The van der Waals surface area contributed by atoms with Gasteiger partial charge in [-0.15, -0.1) is 0 Å². The molecule has 0 spiro atoms. The summed E-state index contributed by atoms with van der Waals surface area (Å²) in [6.07, 6.45) is 1.71. The largest absolute Gasteiger partial charge is 0.370 e. The Labute approximate surface area is 108 Å². The van der Waals surface area contributed by atoms with E-state index >= 15 is 0 Å². The summed E-state index contributed by atoms with van der Waals surface area (Å²) in [7, 11) is 0. The third kappa shape index (κ3) is 3.61. The van der Waals surface area contributed by atoms with Crippen LogP contribution in [0.1, 0.15) is 11.3 Å². The lowest BCUT2D eigenvalue weighted by molar-refractivity contribution is 0.102. The molecule has 2 rings (SSSR count). The number of rotatable bonds is 4. The van der Waals surface area contributed by atoms with Crippen molar-refractivity contribution in [1.29, 1.82) is 0 Å². The van der Waals surface area contributed by atoms with Gasteiger partial charge in [-0.05, 0) is 34.1 Å². The number of ether oxygens (including phenoxy) is 1. The van der Waals surface area contributed by atoms with Crippen molar-refractivity contribution in [2.45, 2.75) is 13.2 Å². The van der Waals surface area contributed by atoms with Crippen molar-refractivity contribution < 1.29 is 9.13 Å². The van der Waals surface area contributed by atoms with Crippen molar-refractivity contribution in [1.82, 2.24) is 4.98 Å². The highest BCUT2D eigenvalue weighted by atomic mass is 79.9. The van der Waals surface area contributed by atoms with Crippen LogP contribution in [0.5, 0.6) is 0 Å². The first-order valence-electron chi connectivity index (χ1n) is 5.17. The second-order valence-electron chi connectivity index (χ2n) is 3.55. The summed E-state index contributed by atoms with van der Waals surface area (Å²) < 4.78 is 19.6. The van der Waals surface area contributed by atoms with E-state index in [0.717, 1.165) is 10.2 Å². The molecular weight excluding hydrogens is 285 g/mol. The van der Waals surface area contributed by atoms with Gasteiger partial charge < -0.3 is 4.74 Å². The Morgan fingerprint density at radius 1 is 1.12 bits per heavy atom. The van der Waals surface area contributed by atoms with Gasteiger partial charge in [0.2, 0.25) is 0 Å². The predicted molar refractivity (Wildman–Crippen MR) is 66.8 cm³/mol. The summed E-state index contributed by atoms with van der Waals surface area (Å²) in [5.41, 5.74) is 1.38. The second-order valence-corrected chi connectivity index (χ2v) is 4.47. The van der Waals surface area contributed by atoms with E-state index in [4.69, 9.17) is 4.74 Å². The minimum absolute atomic E-state index is 0.240. The third-order valence-corrected chi connectivity index (χ3v) is 2.72. The van der Waals surface area contributed by atoms with Crippen molar-refractivity contribution in [2.75, 3.05) is 0 Å². The molecule has 0 saturated heterocycles. The summed E-state index contributed by atoms with van der Waals surface area (Å²) in [4.78, 5) is 4.17. The molecule has 0 aliphatic heterocycles. The van der Waals surface area contributed by atoms with Crippen LogP contribution in [0.4, 0.5) is 4.39 Å². The molecule has 0 N–H and O–H groups in total. The SMILES string of the molecule is Fc1ccccc1COCc1ccc(Br)cn1. The van der Waals surface area contributed by atoms with E-state index in [9.17, 15) is 4.39 Å². The molecule has 4 heteroatoms. The molecular formula is C13H11BrFNO. The normalized spacial score (nSPS) is 10.5. The molecule has 2 nitrogen and oxygen atoms in total. The molecule has 1 heterocycles. The fourth-order valence-electron chi connectivity index (χ4n) is 1.37. The maximum Gasteiger partial charge on any atom is 0.128 e. The van der Waals surface area contributed by atoms with Crippen molar-refractivity contribution in [3.63, 3.8) is 0 Å². The topological polar surface area (TPSA) is 22.1 Å². The first-order chi connectivity index (χ1) is 8.25. The summed E-state index contributed by atoms with van der Waals surface area (Å²) in [5, 5.41) is 0. The zero-order valence-corrected chi connectivity index (χ0v) is 10.7. The molecule has 0 saturated carbocycles. The van der Waals surface area contributed by atoms with Crippen molar-refractivity contribution in [3.8, 4) is 0 Å². The monoisotopic (exact) mass is 295 g/mol. The van der Waals surface area contributed by atoms with Gasteiger partial charge in [-0.25, -0.2) is 4.39 Å². The molecule has 2 aromatic rings. The van der Waals surface area contributed by atoms with Gasteiger partial charge in [0, 0.05) is 16.2 Å². The zero-order valence-electron chi connectivity index (χ0n) is 9.07. The number of benzene rings is 1. The van der Waals surface area contributed by atoms with Crippen LogP contribution in [0.2, 0.25) is 0 Å². The minimum atomic E-state index is -0.240. The van der Waals surface area contributed by atoms with Gasteiger partial charge >= 0.3 is 0 Å². The van der Waals surface area contributed by atoms with E-state index in [1.54, 1.807) is 24.4 Å². The molecule has 0 radical (unpaired) electrons. The lowest BCUT2D eigenvalue weighted by Crippen LogP contribution is -1.98. The first-order valence-corrected chi connectivity index (χ1v) is 5.96. The van der Waals surface area contributed by atoms with Gasteiger partial charge in [-0.1, -0.05) is 18.2 Å². The summed E-state index contributed by atoms with van der Waals surface area (Å²) in [6, 6.07) is 10.4.